The maximum atomic E-state index is 13.2. The molecule has 2 heterocycles. The number of aromatic nitrogens is 3. The van der Waals surface area contributed by atoms with Crippen LogP contribution in [0.5, 0.6) is 0 Å². The molecule has 1 aliphatic carbocycles. The molecule has 1 aliphatic heterocycles. The van der Waals surface area contributed by atoms with Gasteiger partial charge in [-0.2, -0.15) is 4.31 Å². The van der Waals surface area contributed by atoms with E-state index in [-0.39, 0.29) is 44.2 Å². The lowest BCUT2D eigenvalue weighted by Crippen LogP contribution is -2.51. The van der Waals surface area contributed by atoms with Gasteiger partial charge in [0, 0.05) is 26.2 Å². The molecule has 10 heteroatoms. The van der Waals surface area contributed by atoms with Gasteiger partial charge < -0.3 is 4.90 Å². The molecule has 0 spiro atoms. The van der Waals surface area contributed by atoms with Gasteiger partial charge in [0.05, 0.1) is 10.3 Å². The van der Waals surface area contributed by atoms with Crippen LogP contribution in [0.3, 0.4) is 0 Å². The van der Waals surface area contributed by atoms with Crippen molar-refractivity contribution in [2.45, 2.75) is 37.1 Å². The van der Waals surface area contributed by atoms with Crippen LogP contribution in [0.25, 0.3) is 10.9 Å². The fourth-order valence-corrected chi connectivity index (χ4v) is 6.03. The molecule has 172 valence electrons. The topological polar surface area (TPSA) is 105 Å². The highest BCUT2D eigenvalue weighted by molar-refractivity contribution is 7.89. The molecule has 0 unspecified atom stereocenters. The molecule has 0 radical (unpaired) electrons. The maximum absolute atomic E-state index is 13.2. The van der Waals surface area contributed by atoms with Gasteiger partial charge in [0.25, 0.3) is 5.56 Å². The molecule has 0 atom stereocenters. The Bertz CT molecular complexity index is 1380. The number of amides is 1. The molecule has 5 rings (SSSR count). The number of carbonyl (C=O) groups excluding carboxylic acids is 1. The minimum Gasteiger partial charge on any atom is -0.338 e. The number of nitrogens with zero attached hydrogens (tertiary/aromatic N) is 5. The number of sulfonamides is 1. The Balaban J connectivity index is 1.26. The molecule has 3 aromatic rings. The van der Waals surface area contributed by atoms with Gasteiger partial charge in [-0.05, 0) is 61.1 Å². The summed E-state index contributed by atoms with van der Waals surface area (Å²) in [4.78, 5) is 27.3. The van der Waals surface area contributed by atoms with Crippen molar-refractivity contribution < 1.29 is 13.2 Å². The first kappa shape index (κ1) is 21.7. The smallest absolute Gasteiger partial charge is 0.278 e. The molecule has 1 fully saturated rings. The molecule has 0 bridgehead atoms. The molecule has 1 saturated heterocycles. The van der Waals surface area contributed by atoms with E-state index in [9.17, 15) is 18.0 Å². The largest absolute Gasteiger partial charge is 0.338 e. The van der Waals surface area contributed by atoms with E-state index in [1.807, 2.05) is 12.1 Å². The Hall–Kier alpha value is -3.11. The predicted octanol–water partition coefficient (Wildman–Crippen LogP) is 1.20. The highest BCUT2D eigenvalue weighted by atomic mass is 32.2. The standard InChI is InChI=1S/C23H25N5O4S/c29-22(16-28-23(30)20-7-3-4-8-21(20)24-25-28)26-11-13-27(14-12-26)33(31,32)19-10-9-17-5-1-2-6-18(17)15-19/h3-4,7-10,15H,1-2,5-6,11-14,16H2. The maximum Gasteiger partial charge on any atom is 0.278 e. The van der Waals surface area contributed by atoms with Gasteiger partial charge in [0.15, 0.2) is 0 Å². The van der Waals surface area contributed by atoms with Crippen molar-refractivity contribution in [1.29, 1.82) is 0 Å². The summed E-state index contributed by atoms with van der Waals surface area (Å²) in [6.07, 6.45) is 4.15. The lowest BCUT2D eigenvalue weighted by molar-refractivity contribution is -0.133. The summed E-state index contributed by atoms with van der Waals surface area (Å²) in [7, 11) is -3.62. The first-order valence-electron chi connectivity index (χ1n) is 11.2. The zero-order chi connectivity index (χ0) is 23.0. The fraction of sp³-hybridized carbons (Fsp3) is 0.391. The third-order valence-electron chi connectivity index (χ3n) is 6.46. The van der Waals surface area contributed by atoms with Crippen LogP contribution in [0.2, 0.25) is 0 Å². The summed E-state index contributed by atoms with van der Waals surface area (Å²) in [5.41, 5.74) is 2.47. The minimum atomic E-state index is -3.62. The van der Waals surface area contributed by atoms with Gasteiger partial charge in [0.1, 0.15) is 12.1 Å². The lowest BCUT2D eigenvalue weighted by Gasteiger charge is -2.34. The molecule has 2 aromatic carbocycles. The van der Waals surface area contributed by atoms with E-state index in [0.717, 1.165) is 35.9 Å². The molecule has 9 nitrogen and oxygen atoms in total. The highest BCUT2D eigenvalue weighted by Gasteiger charge is 2.31. The van der Waals surface area contributed by atoms with Crippen molar-refractivity contribution in [2.24, 2.45) is 0 Å². The Morgan fingerprint density at radius 2 is 1.67 bits per heavy atom. The van der Waals surface area contributed by atoms with Crippen molar-refractivity contribution in [2.75, 3.05) is 26.2 Å². The Labute approximate surface area is 191 Å². The van der Waals surface area contributed by atoms with Gasteiger partial charge in [-0.25, -0.2) is 13.1 Å². The minimum absolute atomic E-state index is 0.212. The summed E-state index contributed by atoms with van der Waals surface area (Å²) < 4.78 is 28.8. The number of rotatable bonds is 4. The van der Waals surface area contributed by atoms with Gasteiger partial charge >= 0.3 is 0 Å². The summed E-state index contributed by atoms with van der Waals surface area (Å²) in [5, 5.41) is 8.28. The van der Waals surface area contributed by atoms with Gasteiger partial charge in [-0.3, -0.25) is 9.59 Å². The van der Waals surface area contributed by atoms with Crippen LogP contribution in [-0.2, 0) is 34.2 Å². The highest BCUT2D eigenvalue weighted by Crippen LogP contribution is 2.26. The second-order valence-corrected chi connectivity index (χ2v) is 10.4. The van der Waals surface area contributed by atoms with Crippen LogP contribution in [0.1, 0.15) is 24.0 Å². The van der Waals surface area contributed by atoms with Crippen LogP contribution in [0.15, 0.2) is 52.2 Å². The summed E-state index contributed by atoms with van der Waals surface area (Å²) in [6, 6.07) is 12.3. The van der Waals surface area contributed by atoms with E-state index >= 15 is 0 Å². The van der Waals surface area contributed by atoms with Gasteiger partial charge in [0.2, 0.25) is 15.9 Å². The fourth-order valence-electron chi connectivity index (χ4n) is 4.55. The second kappa shape index (κ2) is 8.68. The first-order valence-corrected chi connectivity index (χ1v) is 12.6. The monoisotopic (exact) mass is 467 g/mol. The zero-order valence-electron chi connectivity index (χ0n) is 18.2. The SMILES string of the molecule is O=C(Cn1nnc2ccccc2c1=O)N1CCN(S(=O)(=O)c2ccc3c(c2)CCCC3)CC1. The summed E-state index contributed by atoms with van der Waals surface area (Å²) in [5.74, 6) is -0.285. The molecular weight excluding hydrogens is 442 g/mol. The molecule has 2 aliphatic rings. The molecule has 0 saturated carbocycles. The van der Waals surface area contributed by atoms with Crippen molar-refractivity contribution in [3.8, 4) is 0 Å². The van der Waals surface area contributed by atoms with Crippen LogP contribution >= 0.6 is 0 Å². The van der Waals surface area contributed by atoms with E-state index in [1.54, 1.807) is 35.2 Å². The van der Waals surface area contributed by atoms with E-state index in [4.69, 9.17) is 0 Å². The quantitative estimate of drug-likeness (QED) is 0.571. The molecule has 33 heavy (non-hydrogen) atoms. The predicted molar refractivity (Wildman–Crippen MR) is 122 cm³/mol. The van der Waals surface area contributed by atoms with Gasteiger partial charge in [-0.1, -0.05) is 23.4 Å². The van der Waals surface area contributed by atoms with E-state index in [1.165, 1.54) is 9.87 Å². The average molecular weight is 468 g/mol. The average Bonchev–Trinajstić information content (AvgIpc) is 2.85. The van der Waals surface area contributed by atoms with E-state index in [2.05, 4.69) is 10.3 Å². The van der Waals surface area contributed by atoms with E-state index < -0.39 is 10.0 Å². The van der Waals surface area contributed by atoms with Crippen molar-refractivity contribution in [1.82, 2.24) is 24.2 Å². The van der Waals surface area contributed by atoms with Gasteiger partial charge in [-0.15, -0.1) is 5.10 Å². The first-order chi connectivity index (χ1) is 15.9. The number of aryl methyl sites for hydroxylation is 2. The Kier molecular flexibility index (Phi) is 5.71. The number of carbonyl (C=O) groups is 1. The van der Waals surface area contributed by atoms with Crippen LogP contribution < -0.4 is 5.56 Å². The third kappa shape index (κ3) is 4.16. The van der Waals surface area contributed by atoms with Crippen LogP contribution in [0, 0.1) is 0 Å². The molecule has 1 amide bonds. The second-order valence-electron chi connectivity index (χ2n) is 8.49. The number of benzene rings is 2. The molecule has 0 N–H and O–H groups in total. The summed E-state index contributed by atoms with van der Waals surface area (Å²) >= 11 is 0. The lowest BCUT2D eigenvalue weighted by atomic mass is 9.92. The van der Waals surface area contributed by atoms with Crippen LogP contribution in [0.4, 0.5) is 0 Å². The normalized spacial score (nSPS) is 17.2. The van der Waals surface area contributed by atoms with Crippen molar-refractivity contribution in [3.63, 3.8) is 0 Å². The van der Waals surface area contributed by atoms with Crippen molar-refractivity contribution in [3.05, 3.63) is 63.9 Å². The number of piperazine rings is 1. The van der Waals surface area contributed by atoms with Crippen LogP contribution in [-0.4, -0.2) is 64.7 Å². The summed E-state index contributed by atoms with van der Waals surface area (Å²) in [6.45, 7) is 0.721. The number of hydrogen-bond donors (Lipinski definition) is 0. The number of hydrogen-bond acceptors (Lipinski definition) is 6. The van der Waals surface area contributed by atoms with E-state index in [0.29, 0.717) is 15.8 Å². The molecule has 1 aromatic heterocycles. The molecular formula is C23H25N5O4S. The Morgan fingerprint density at radius 3 is 2.45 bits per heavy atom. The third-order valence-corrected chi connectivity index (χ3v) is 8.36. The number of fused-ring (bicyclic) bond motifs is 2. The zero-order valence-corrected chi connectivity index (χ0v) is 19.0. The Morgan fingerprint density at radius 1 is 0.939 bits per heavy atom. The van der Waals surface area contributed by atoms with Crippen molar-refractivity contribution >= 4 is 26.8 Å².